The number of imide groups is 1. The lowest BCUT2D eigenvalue weighted by Gasteiger charge is -2.36. The molecule has 3 aliphatic rings. The van der Waals surface area contributed by atoms with Crippen LogP contribution in [0.15, 0.2) is 97.1 Å². The number of rotatable bonds is 14. The quantitative estimate of drug-likeness (QED) is 0.0757. The number of hydrogen-bond donors (Lipinski definition) is 3. The number of piperidine rings is 1. The average molecular weight is 712 g/mol. The van der Waals surface area contributed by atoms with Gasteiger partial charge in [0.2, 0.25) is 11.8 Å². The molecule has 9 heteroatoms. The third-order valence-electron chi connectivity index (χ3n) is 10.7. The maximum Gasteiger partial charge on any atom is 0.255 e. The molecule has 0 spiro atoms. The van der Waals surface area contributed by atoms with Crippen LogP contribution >= 0.6 is 0 Å². The molecule has 2 fully saturated rings. The summed E-state index contributed by atoms with van der Waals surface area (Å²) in [4.78, 5) is 43.5. The summed E-state index contributed by atoms with van der Waals surface area (Å²) < 4.78 is 0. The summed E-state index contributed by atoms with van der Waals surface area (Å²) in [5.41, 5.74) is 8.79. The number of carbonyl (C=O) groups excluding carboxylic acids is 3. The summed E-state index contributed by atoms with van der Waals surface area (Å²) in [5.74, 6) is -0.493. The number of aryl methyl sites for hydroxylation is 1. The second kappa shape index (κ2) is 16.9. The largest absolute Gasteiger partial charge is 0.508 e. The van der Waals surface area contributed by atoms with Gasteiger partial charge in [-0.15, -0.1) is 0 Å². The molecule has 2 saturated heterocycles. The summed E-state index contributed by atoms with van der Waals surface area (Å²) >= 11 is 0. The standard InChI is InChI=1S/C44H49N5O4/c50-39-18-12-32(13-19-39)9-14-35(34-7-3-1-4-8-34)29-33-10-16-38(17-11-33)48-27-25-47(26-28-48)24-6-2-5-23-45-37-15-20-40-36(30-37)31-49(44(40)53)41-21-22-42(51)46-43(41)52/h1,3-4,7-8,10-13,15-20,29-30,41,45,50H,2,5-6,9,14,21-28,31H2,(H,46,51,52)/b35-29+. The molecule has 3 aliphatic heterocycles. The Morgan fingerprint density at radius 3 is 2.38 bits per heavy atom. The molecule has 1 unspecified atom stereocenters. The lowest BCUT2D eigenvalue weighted by atomic mass is 9.96. The Morgan fingerprint density at radius 2 is 1.62 bits per heavy atom. The highest BCUT2D eigenvalue weighted by Crippen LogP contribution is 2.30. The predicted molar refractivity (Wildman–Crippen MR) is 211 cm³/mol. The minimum Gasteiger partial charge on any atom is -0.508 e. The summed E-state index contributed by atoms with van der Waals surface area (Å²) in [5, 5.41) is 15.5. The smallest absolute Gasteiger partial charge is 0.255 e. The number of nitrogens with one attached hydrogen (secondary N) is 2. The van der Waals surface area contributed by atoms with Gasteiger partial charge >= 0.3 is 0 Å². The maximum absolute atomic E-state index is 13.0. The van der Waals surface area contributed by atoms with Crippen LogP contribution in [0.25, 0.3) is 11.6 Å². The van der Waals surface area contributed by atoms with Gasteiger partial charge in [-0.1, -0.05) is 67.1 Å². The number of amides is 3. The van der Waals surface area contributed by atoms with Gasteiger partial charge in [-0.05, 0) is 109 Å². The van der Waals surface area contributed by atoms with Crippen LogP contribution in [0.2, 0.25) is 0 Å². The van der Waals surface area contributed by atoms with Crippen molar-refractivity contribution in [1.82, 2.24) is 15.1 Å². The van der Waals surface area contributed by atoms with Crippen molar-refractivity contribution >= 4 is 40.7 Å². The fraction of sp³-hybridized carbons (Fsp3) is 0.341. The highest BCUT2D eigenvalue weighted by molar-refractivity contribution is 6.05. The maximum atomic E-state index is 13.0. The SMILES string of the molecule is O=C1CCC(N2Cc3cc(NCCCCCN4CCN(c5ccc(/C=C(\CCc6ccc(O)cc6)c6ccccc6)cc5)CC4)ccc3C2=O)C(=O)N1. The van der Waals surface area contributed by atoms with Crippen molar-refractivity contribution in [2.24, 2.45) is 0 Å². The van der Waals surface area contributed by atoms with Crippen LogP contribution in [0.5, 0.6) is 5.75 Å². The molecule has 0 radical (unpaired) electrons. The van der Waals surface area contributed by atoms with Crippen LogP contribution in [0.1, 0.15) is 71.1 Å². The number of unbranched alkanes of at least 4 members (excludes halogenated alkanes) is 2. The van der Waals surface area contributed by atoms with Crippen LogP contribution in [0.4, 0.5) is 11.4 Å². The third-order valence-corrected chi connectivity index (χ3v) is 10.7. The summed E-state index contributed by atoms with van der Waals surface area (Å²) in [7, 11) is 0. The van der Waals surface area contributed by atoms with E-state index in [9.17, 15) is 19.5 Å². The highest BCUT2D eigenvalue weighted by Gasteiger charge is 2.39. The molecule has 1 atom stereocenters. The van der Waals surface area contributed by atoms with E-state index >= 15 is 0 Å². The van der Waals surface area contributed by atoms with Crippen molar-refractivity contribution in [3.63, 3.8) is 0 Å². The van der Waals surface area contributed by atoms with Crippen molar-refractivity contribution in [1.29, 1.82) is 0 Å². The van der Waals surface area contributed by atoms with E-state index in [-0.39, 0.29) is 24.1 Å². The number of aromatic hydroxyl groups is 1. The molecule has 4 aromatic carbocycles. The fourth-order valence-corrected chi connectivity index (χ4v) is 7.66. The molecule has 3 N–H and O–H groups in total. The Kier molecular flexibility index (Phi) is 11.5. The second-order valence-electron chi connectivity index (χ2n) is 14.4. The molecule has 0 bridgehead atoms. The van der Waals surface area contributed by atoms with Crippen molar-refractivity contribution in [2.45, 2.75) is 57.5 Å². The third kappa shape index (κ3) is 9.15. The molecule has 4 aromatic rings. The number of allylic oxidation sites excluding steroid dienone is 1. The fourth-order valence-electron chi connectivity index (χ4n) is 7.66. The second-order valence-corrected chi connectivity index (χ2v) is 14.4. The molecule has 3 amide bonds. The van der Waals surface area contributed by atoms with E-state index < -0.39 is 6.04 Å². The van der Waals surface area contributed by atoms with Crippen molar-refractivity contribution < 1.29 is 19.5 Å². The number of hydrogen-bond acceptors (Lipinski definition) is 7. The Labute approximate surface area is 312 Å². The van der Waals surface area contributed by atoms with E-state index in [1.807, 2.05) is 30.3 Å². The molecule has 3 heterocycles. The number of phenolic OH excluding ortho intramolecular Hbond substituents is 1. The minimum absolute atomic E-state index is 0.139. The van der Waals surface area contributed by atoms with Crippen molar-refractivity contribution in [2.75, 3.05) is 49.5 Å². The number of phenols is 1. The van der Waals surface area contributed by atoms with Gasteiger partial charge in [-0.2, -0.15) is 0 Å². The van der Waals surface area contributed by atoms with Gasteiger partial charge in [0.05, 0.1) is 0 Å². The minimum atomic E-state index is -0.587. The molecule has 0 aliphatic carbocycles. The first-order chi connectivity index (χ1) is 25.9. The van der Waals surface area contributed by atoms with E-state index in [0.717, 1.165) is 76.2 Å². The van der Waals surface area contributed by atoms with E-state index in [0.29, 0.717) is 24.3 Å². The Bertz CT molecular complexity index is 1920. The van der Waals surface area contributed by atoms with E-state index in [1.54, 1.807) is 17.0 Å². The first-order valence-electron chi connectivity index (χ1n) is 19.0. The highest BCUT2D eigenvalue weighted by atomic mass is 16.3. The summed E-state index contributed by atoms with van der Waals surface area (Å²) in [6.07, 6.45) is 8.15. The van der Waals surface area contributed by atoms with Crippen LogP contribution in [0, 0.1) is 0 Å². The van der Waals surface area contributed by atoms with Crippen molar-refractivity contribution in [3.8, 4) is 5.75 Å². The van der Waals surface area contributed by atoms with E-state index in [4.69, 9.17) is 0 Å². The van der Waals surface area contributed by atoms with Crippen LogP contribution in [-0.4, -0.2) is 77.9 Å². The van der Waals surface area contributed by atoms with Gasteiger partial charge in [-0.3, -0.25) is 24.6 Å². The molecule has 0 saturated carbocycles. The molecular weight excluding hydrogens is 663 g/mol. The van der Waals surface area contributed by atoms with Gasteiger partial charge < -0.3 is 20.2 Å². The zero-order chi connectivity index (χ0) is 36.6. The normalized spacial score (nSPS) is 17.9. The number of benzene rings is 4. The van der Waals surface area contributed by atoms with Crippen LogP contribution in [0.3, 0.4) is 0 Å². The van der Waals surface area contributed by atoms with E-state index in [2.05, 4.69) is 81.1 Å². The van der Waals surface area contributed by atoms with Crippen LogP contribution < -0.4 is 15.5 Å². The topological polar surface area (TPSA) is 105 Å². The average Bonchev–Trinajstić information content (AvgIpc) is 3.51. The molecule has 9 nitrogen and oxygen atoms in total. The zero-order valence-corrected chi connectivity index (χ0v) is 30.3. The first kappa shape index (κ1) is 36.0. The van der Waals surface area contributed by atoms with Gasteiger partial charge in [0.15, 0.2) is 0 Å². The van der Waals surface area contributed by atoms with E-state index in [1.165, 1.54) is 34.4 Å². The molecule has 53 heavy (non-hydrogen) atoms. The Balaban J connectivity index is 0.819. The number of anilines is 2. The first-order valence-corrected chi connectivity index (χ1v) is 19.0. The van der Waals surface area contributed by atoms with Gasteiger partial charge in [0.1, 0.15) is 11.8 Å². The monoisotopic (exact) mass is 711 g/mol. The number of carbonyl (C=O) groups is 3. The molecule has 7 rings (SSSR count). The predicted octanol–water partition coefficient (Wildman–Crippen LogP) is 6.73. The van der Waals surface area contributed by atoms with Gasteiger partial charge in [0.25, 0.3) is 5.91 Å². The molecule has 274 valence electrons. The Morgan fingerprint density at radius 1 is 0.849 bits per heavy atom. The Hall–Kier alpha value is -5.41. The lowest BCUT2D eigenvalue weighted by Crippen LogP contribution is -2.52. The van der Waals surface area contributed by atoms with Crippen molar-refractivity contribution in [3.05, 3.63) is 125 Å². The molecular formula is C44H49N5O4. The zero-order valence-electron chi connectivity index (χ0n) is 30.3. The number of nitrogens with zero attached hydrogens (tertiary/aromatic N) is 3. The number of piperazine rings is 1. The van der Waals surface area contributed by atoms with Gasteiger partial charge in [0, 0.05) is 62.6 Å². The summed E-state index contributed by atoms with van der Waals surface area (Å²) in [6.45, 7) is 6.57. The lowest BCUT2D eigenvalue weighted by molar-refractivity contribution is -0.136. The van der Waals surface area contributed by atoms with Crippen LogP contribution in [-0.2, 0) is 22.6 Å². The number of fused-ring (bicyclic) bond motifs is 1. The summed E-state index contributed by atoms with van der Waals surface area (Å²) in [6, 6.07) is 32.3. The molecule has 0 aromatic heterocycles. The van der Waals surface area contributed by atoms with Gasteiger partial charge in [-0.25, -0.2) is 0 Å².